The summed E-state index contributed by atoms with van der Waals surface area (Å²) < 4.78 is 16.5. The van der Waals surface area contributed by atoms with E-state index in [1.807, 2.05) is 13.8 Å². The molecule has 3 amide bonds. The molecule has 1 atom stereocenters. The van der Waals surface area contributed by atoms with Crippen LogP contribution in [-0.4, -0.2) is 32.3 Å². The molecule has 0 saturated heterocycles. The number of amides is 3. The molecule has 2 aliphatic rings. The van der Waals surface area contributed by atoms with E-state index in [1.54, 1.807) is 7.05 Å². The number of fused-ring (bicyclic) bond motifs is 2. The number of hydrogen-bond acceptors (Lipinski definition) is 4. The number of nitrogens with zero attached hydrogens (tertiary/aromatic N) is 2. The van der Waals surface area contributed by atoms with Crippen molar-refractivity contribution in [2.45, 2.75) is 63.4 Å². The van der Waals surface area contributed by atoms with E-state index in [0.29, 0.717) is 0 Å². The summed E-state index contributed by atoms with van der Waals surface area (Å²) >= 11 is -1.88. The second-order valence-corrected chi connectivity index (χ2v) is 9.34. The third kappa shape index (κ3) is 4.04. The van der Waals surface area contributed by atoms with Crippen LogP contribution >= 0.6 is 0 Å². The lowest BCUT2D eigenvalue weighted by Crippen LogP contribution is -2.35. The van der Waals surface area contributed by atoms with Crippen LogP contribution < -0.4 is 15.4 Å². The summed E-state index contributed by atoms with van der Waals surface area (Å²) in [5, 5.41) is 9.99. The number of hydrogen-bond donors (Lipinski definition) is 3. The molecule has 9 heteroatoms. The van der Waals surface area contributed by atoms with E-state index in [1.165, 1.54) is 33.0 Å². The predicted octanol–water partition coefficient (Wildman–Crippen LogP) is 2.38. The van der Waals surface area contributed by atoms with Crippen LogP contribution in [0.2, 0.25) is 0 Å². The van der Waals surface area contributed by atoms with Crippen LogP contribution in [0.1, 0.15) is 59.4 Å². The van der Waals surface area contributed by atoms with Gasteiger partial charge in [-0.25, -0.2) is 4.79 Å². The average molecular weight is 430 g/mol. The molecule has 1 heterocycles. The molecule has 0 spiro atoms. The maximum absolute atomic E-state index is 12.7. The Hall–Kier alpha value is -2.52. The molecule has 30 heavy (non-hydrogen) atoms. The second-order valence-electron chi connectivity index (χ2n) is 8.18. The molecule has 4 rings (SSSR count). The topological polar surface area (TPSA) is 111 Å². The Morgan fingerprint density at radius 3 is 2.33 bits per heavy atom. The molecule has 0 fully saturated rings. The van der Waals surface area contributed by atoms with E-state index >= 15 is 0 Å². The number of carbonyl (C=O) groups is 2. The summed E-state index contributed by atoms with van der Waals surface area (Å²) in [4.78, 5) is 24.9. The van der Waals surface area contributed by atoms with E-state index in [2.05, 4.69) is 26.5 Å². The first-order valence-corrected chi connectivity index (χ1v) is 11.5. The lowest BCUT2D eigenvalue weighted by molar-refractivity contribution is 0.0933. The highest BCUT2D eigenvalue weighted by molar-refractivity contribution is 7.90. The van der Waals surface area contributed by atoms with Crippen molar-refractivity contribution in [3.05, 3.63) is 40.1 Å². The van der Waals surface area contributed by atoms with Gasteiger partial charge in [0, 0.05) is 24.8 Å². The van der Waals surface area contributed by atoms with E-state index < -0.39 is 17.4 Å². The van der Waals surface area contributed by atoms with Crippen molar-refractivity contribution in [2.75, 3.05) is 5.32 Å². The first kappa shape index (κ1) is 20.7. The van der Waals surface area contributed by atoms with Crippen LogP contribution in [0, 0.1) is 0 Å². The van der Waals surface area contributed by atoms with Gasteiger partial charge in [-0.15, -0.1) is 9.82 Å². The summed E-state index contributed by atoms with van der Waals surface area (Å²) in [6.45, 7) is 3.71. The normalized spacial score (nSPS) is 15.6. The van der Waals surface area contributed by atoms with E-state index in [-0.39, 0.29) is 22.7 Å². The Bertz CT molecular complexity index is 969. The monoisotopic (exact) mass is 429 g/mol. The zero-order valence-electron chi connectivity index (χ0n) is 17.5. The number of aryl methyl sites for hydroxylation is 3. The van der Waals surface area contributed by atoms with Crippen molar-refractivity contribution in [1.29, 1.82) is 0 Å². The highest BCUT2D eigenvalue weighted by atomic mass is 32.2. The largest absolute Gasteiger partial charge is 0.586 e. The molecule has 0 aliphatic heterocycles. The molecule has 0 saturated carbocycles. The molecule has 160 valence electrons. The Balaban J connectivity index is 1.48. The number of urea groups is 1. The fourth-order valence-electron chi connectivity index (χ4n) is 4.32. The molecule has 2 aromatic rings. The Kier molecular flexibility index (Phi) is 5.75. The number of benzene rings is 1. The minimum absolute atomic E-state index is 0.0282. The van der Waals surface area contributed by atoms with E-state index in [4.69, 9.17) is 0 Å². The van der Waals surface area contributed by atoms with Gasteiger partial charge in [-0.2, -0.15) is 0 Å². The molecule has 3 N–H and O–H groups in total. The first-order valence-electron chi connectivity index (χ1n) is 10.3. The van der Waals surface area contributed by atoms with Gasteiger partial charge in [0.1, 0.15) is 17.1 Å². The van der Waals surface area contributed by atoms with E-state index in [9.17, 15) is 14.1 Å². The lowest BCUT2D eigenvalue weighted by atomic mass is 9.99. The maximum Gasteiger partial charge on any atom is 0.361 e. The minimum atomic E-state index is -1.88. The van der Waals surface area contributed by atoms with Gasteiger partial charge in [-0.3, -0.25) is 9.48 Å². The van der Waals surface area contributed by atoms with Crippen molar-refractivity contribution in [2.24, 2.45) is 7.05 Å². The Morgan fingerprint density at radius 1 is 1.10 bits per heavy atom. The van der Waals surface area contributed by atoms with Crippen LogP contribution in [-0.2, 0) is 44.1 Å². The predicted molar refractivity (Wildman–Crippen MR) is 115 cm³/mol. The summed E-state index contributed by atoms with van der Waals surface area (Å²) in [5.41, 5.74) is 6.23. The van der Waals surface area contributed by atoms with Gasteiger partial charge < -0.3 is 15.2 Å². The van der Waals surface area contributed by atoms with Crippen LogP contribution in [0.15, 0.2) is 17.2 Å². The molecule has 1 unspecified atom stereocenters. The van der Waals surface area contributed by atoms with Crippen LogP contribution in [0.3, 0.4) is 0 Å². The Labute approximate surface area is 179 Å². The summed E-state index contributed by atoms with van der Waals surface area (Å²) in [6, 6.07) is 3.18. The highest BCUT2D eigenvalue weighted by Crippen LogP contribution is 2.38. The number of rotatable bonds is 5. The third-order valence-electron chi connectivity index (χ3n) is 5.60. The molecule has 0 radical (unpaired) electrons. The summed E-state index contributed by atoms with van der Waals surface area (Å²) in [7, 11) is 1.60. The number of nitrogens with one attached hydrogen (secondary N) is 3. The van der Waals surface area contributed by atoms with Crippen molar-refractivity contribution in [1.82, 2.24) is 19.8 Å². The minimum Gasteiger partial charge on any atom is -0.586 e. The fourth-order valence-corrected chi connectivity index (χ4v) is 5.06. The van der Waals surface area contributed by atoms with Gasteiger partial charge in [-0.1, -0.05) is 6.07 Å². The lowest BCUT2D eigenvalue weighted by Gasteiger charge is -2.16. The van der Waals surface area contributed by atoms with Crippen LogP contribution in [0.4, 0.5) is 10.5 Å². The highest BCUT2D eigenvalue weighted by Gasteiger charge is 2.27. The molecular weight excluding hydrogens is 402 g/mol. The number of aromatic nitrogens is 2. The van der Waals surface area contributed by atoms with Gasteiger partial charge in [0.2, 0.25) is 0 Å². The second kappa shape index (κ2) is 8.31. The van der Waals surface area contributed by atoms with Gasteiger partial charge >= 0.3 is 6.03 Å². The molecule has 0 bridgehead atoms. The molecule has 1 aromatic heterocycles. The van der Waals surface area contributed by atoms with Gasteiger partial charge in [0.05, 0.1) is 0 Å². The zero-order valence-corrected chi connectivity index (χ0v) is 18.3. The molecule has 1 aromatic carbocycles. The van der Waals surface area contributed by atoms with Crippen LogP contribution in [0.25, 0.3) is 0 Å². The summed E-state index contributed by atoms with van der Waals surface area (Å²) in [6.07, 6.45) is 6.18. The number of carbonyl (C=O) groups excluding carboxylic acids is 2. The first-order chi connectivity index (χ1) is 14.3. The molecular formula is C21H27N5O3S. The number of anilines is 1. The third-order valence-corrected chi connectivity index (χ3v) is 6.55. The zero-order chi connectivity index (χ0) is 21.4. The fraction of sp³-hybridized carbons (Fsp3) is 0.476. The maximum atomic E-state index is 12.7. The smallest absolute Gasteiger partial charge is 0.361 e. The van der Waals surface area contributed by atoms with Gasteiger partial charge in [0.15, 0.2) is 0 Å². The van der Waals surface area contributed by atoms with Crippen molar-refractivity contribution >= 4 is 29.0 Å². The van der Waals surface area contributed by atoms with E-state index in [0.717, 1.165) is 44.2 Å². The Morgan fingerprint density at radius 2 is 1.73 bits per heavy atom. The van der Waals surface area contributed by atoms with Gasteiger partial charge in [0.25, 0.3) is 10.9 Å². The SMILES string of the molecule is CC(C)NC(=O)c1cc([S+]([O-])NC(=O)Nc2c3c(cc4c2CCC4)CCC3)nn1C. The molecule has 2 aliphatic carbocycles. The van der Waals surface area contributed by atoms with Crippen LogP contribution in [0.5, 0.6) is 0 Å². The standard InChI is InChI=1S/C21H27N5O3S/c1-12(2)22-20(27)17-11-18(24-26(17)3)30(29)25-21(28)23-19-15-8-4-6-13(15)10-14-7-5-9-16(14)19/h10-12H,4-9H2,1-3H3,(H,22,27)(H2,23,25,28). The van der Waals surface area contributed by atoms with Crippen molar-refractivity contribution < 1.29 is 14.1 Å². The average Bonchev–Trinajstić information content (AvgIpc) is 3.39. The van der Waals surface area contributed by atoms with Crippen molar-refractivity contribution in [3.63, 3.8) is 0 Å². The summed E-state index contributed by atoms with van der Waals surface area (Å²) in [5.74, 6) is -0.303. The quantitative estimate of drug-likeness (QED) is 0.634. The van der Waals surface area contributed by atoms with Crippen molar-refractivity contribution in [3.8, 4) is 0 Å². The molecule has 8 nitrogen and oxygen atoms in total. The van der Waals surface area contributed by atoms with Gasteiger partial charge in [-0.05, 0) is 74.6 Å².